The lowest BCUT2D eigenvalue weighted by Gasteiger charge is -2.08. The summed E-state index contributed by atoms with van der Waals surface area (Å²) in [5.74, 6) is -0.258. The van der Waals surface area contributed by atoms with Crippen LogP contribution in [0.25, 0.3) is 0 Å². The molecule has 0 atom stereocenters. The van der Waals surface area contributed by atoms with Gasteiger partial charge in [-0.25, -0.2) is 0 Å². The van der Waals surface area contributed by atoms with Gasteiger partial charge in [-0.15, -0.1) is 0 Å². The van der Waals surface area contributed by atoms with Crippen molar-refractivity contribution in [2.24, 2.45) is 0 Å². The Kier molecular flexibility index (Phi) is 3.22. The van der Waals surface area contributed by atoms with Gasteiger partial charge in [0, 0.05) is 13.0 Å². The molecule has 80 valence electrons. The lowest BCUT2D eigenvalue weighted by Crippen LogP contribution is -2.08. The summed E-state index contributed by atoms with van der Waals surface area (Å²) in [6, 6.07) is 4.32. The van der Waals surface area contributed by atoms with Crippen molar-refractivity contribution >= 4 is 17.3 Å². The van der Waals surface area contributed by atoms with Gasteiger partial charge >= 0.3 is 5.69 Å². The zero-order valence-electron chi connectivity index (χ0n) is 8.31. The molecule has 6 heteroatoms. The molecule has 15 heavy (non-hydrogen) atoms. The van der Waals surface area contributed by atoms with Crippen molar-refractivity contribution < 1.29 is 14.5 Å². The average Bonchev–Trinajstić information content (AvgIpc) is 2.16. The molecule has 0 saturated carbocycles. The van der Waals surface area contributed by atoms with Crippen LogP contribution in [0.2, 0.25) is 0 Å². The summed E-state index contributed by atoms with van der Waals surface area (Å²) in [6.45, 7) is 1.32. The van der Waals surface area contributed by atoms with Crippen LogP contribution < -0.4 is 10.1 Å². The second kappa shape index (κ2) is 4.41. The number of amides is 1. The molecule has 0 fully saturated rings. The Balaban J connectivity index is 3.21. The molecule has 0 aliphatic carbocycles. The Hall–Kier alpha value is -2.11. The standard InChI is InChI=1S/C9H10N2O4/c1-6(12)10-7-4-3-5-8(11(13)14)9(7)15-2/h3-5H,1-2H3,(H,10,12). The van der Waals surface area contributed by atoms with E-state index in [1.807, 2.05) is 0 Å². The zero-order valence-corrected chi connectivity index (χ0v) is 8.31. The highest BCUT2D eigenvalue weighted by atomic mass is 16.6. The van der Waals surface area contributed by atoms with E-state index in [9.17, 15) is 14.9 Å². The van der Waals surface area contributed by atoms with Crippen LogP contribution in [-0.2, 0) is 4.79 Å². The Bertz CT molecular complexity index is 403. The predicted octanol–water partition coefficient (Wildman–Crippen LogP) is 1.56. The molecule has 1 aromatic carbocycles. The number of anilines is 1. The summed E-state index contributed by atoms with van der Waals surface area (Å²) in [7, 11) is 1.31. The zero-order chi connectivity index (χ0) is 11.4. The molecule has 0 aromatic heterocycles. The Labute approximate surface area is 86.0 Å². The van der Waals surface area contributed by atoms with Crippen LogP contribution in [-0.4, -0.2) is 17.9 Å². The van der Waals surface area contributed by atoms with Crippen LogP contribution in [0.5, 0.6) is 5.75 Å². The minimum Gasteiger partial charge on any atom is -0.489 e. The van der Waals surface area contributed by atoms with E-state index in [-0.39, 0.29) is 17.3 Å². The first-order valence-electron chi connectivity index (χ1n) is 4.15. The van der Waals surface area contributed by atoms with Crippen LogP contribution in [0.4, 0.5) is 11.4 Å². The van der Waals surface area contributed by atoms with Crippen LogP contribution in [0, 0.1) is 10.1 Å². The molecule has 1 amide bonds. The smallest absolute Gasteiger partial charge is 0.313 e. The maximum atomic E-state index is 10.8. The first-order chi connectivity index (χ1) is 7.06. The summed E-state index contributed by atoms with van der Waals surface area (Å²) in [5, 5.41) is 13.1. The number of carbonyl (C=O) groups is 1. The molecule has 0 heterocycles. The molecule has 0 aliphatic heterocycles. The molecule has 0 saturated heterocycles. The lowest BCUT2D eigenvalue weighted by molar-refractivity contribution is -0.385. The number of nitrogens with one attached hydrogen (secondary N) is 1. The van der Waals surface area contributed by atoms with Crippen molar-refractivity contribution in [2.45, 2.75) is 6.92 Å². The van der Waals surface area contributed by atoms with Crippen molar-refractivity contribution in [3.63, 3.8) is 0 Å². The van der Waals surface area contributed by atoms with Crippen LogP contribution in [0.1, 0.15) is 6.92 Å². The summed E-state index contributed by atoms with van der Waals surface area (Å²) >= 11 is 0. The van der Waals surface area contributed by atoms with Gasteiger partial charge in [0.1, 0.15) is 0 Å². The van der Waals surface area contributed by atoms with E-state index < -0.39 is 4.92 Å². The Morgan fingerprint density at radius 2 is 2.20 bits per heavy atom. The van der Waals surface area contributed by atoms with Gasteiger partial charge in [0.2, 0.25) is 11.7 Å². The number of rotatable bonds is 3. The first kappa shape index (κ1) is 11.0. The molecule has 6 nitrogen and oxygen atoms in total. The van der Waals surface area contributed by atoms with Gasteiger partial charge in [-0.3, -0.25) is 14.9 Å². The third-order valence-corrected chi connectivity index (χ3v) is 1.71. The number of nitrogens with zero attached hydrogens (tertiary/aromatic N) is 1. The monoisotopic (exact) mass is 210 g/mol. The lowest BCUT2D eigenvalue weighted by atomic mass is 10.2. The fourth-order valence-electron chi connectivity index (χ4n) is 1.17. The first-order valence-corrected chi connectivity index (χ1v) is 4.15. The minimum atomic E-state index is -0.565. The van der Waals surface area contributed by atoms with E-state index in [4.69, 9.17) is 4.74 Å². The van der Waals surface area contributed by atoms with E-state index >= 15 is 0 Å². The molecule has 0 bridgehead atoms. The summed E-state index contributed by atoms with van der Waals surface area (Å²) < 4.78 is 4.88. The van der Waals surface area contributed by atoms with Crippen molar-refractivity contribution in [1.29, 1.82) is 0 Å². The molecule has 0 unspecified atom stereocenters. The summed E-state index contributed by atoms with van der Waals surface area (Å²) in [4.78, 5) is 20.9. The van der Waals surface area contributed by atoms with E-state index in [1.165, 1.54) is 32.2 Å². The Morgan fingerprint density at radius 3 is 2.67 bits per heavy atom. The molecule has 1 rings (SSSR count). The maximum absolute atomic E-state index is 10.8. The highest BCUT2D eigenvalue weighted by Gasteiger charge is 2.18. The highest BCUT2D eigenvalue weighted by molar-refractivity contribution is 5.91. The van der Waals surface area contributed by atoms with Gasteiger partial charge in [0.25, 0.3) is 0 Å². The second-order valence-corrected chi connectivity index (χ2v) is 2.80. The number of nitro groups is 1. The maximum Gasteiger partial charge on any atom is 0.313 e. The van der Waals surface area contributed by atoms with Gasteiger partial charge < -0.3 is 10.1 Å². The van der Waals surface area contributed by atoms with Crippen molar-refractivity contribution in [2.75, 3.05) is 12.4 Å². The van der Waals surface area contributed by atoms with Gasteiger partial charge in [-0.2, -0.15) is 0 Å². The molecule has 0 aliphatic rings. The fourth-order valence-corrected chi connectivity index (χ4v) is 1.17. The van der Waals surface area contributed by atoms with E-state index in [2.05, 4.69) is 5.32 Å². The quantitative estimate of drug-likeness (QED) is 0.606. The van der Waals surface area contributed by atoms with E-state index in [0.717, 1.165) is 0 Å². The Morgan fingerprint density at radius 1 is 1.53 bits per heavy atom. The number of benzene rings is 1. The van der Waals surface area contributed by atoms with Crippen molar-refractivity contribution in [1.82, 2.24) is 0 Å². The van der Waals surface area contributed by atoms with Crippen LogP contribution >= 0.6 is 0 Å². The van der Waals surface area contributed by atoms with Crippen LogP contribution in [0.15, 0.2) is 18.2 Å². The number of ether oxygens (including phenoxy) is 1. The van der Waals surface area contributed by atoms with Crippen LogP contribution in [0.3, 0.4) is 0 Å². The topological polar surface area (TPSA) is 81.5 Å². The third-order valence-electron chi connectivity index (χ3n) is 1.71. The normalized spacial score (nSPS) is 9.47. The van der Waals surface area contributed by atoms with Gasteiger partial charge in [0.05, 0.1) is 17.7 Å². The molecule has 0 spiro atoms. The van der Waals surface area contributed by atoms with Gasteiger partial charge in [-0.1, -0.05) is 6.07 Å². The fraction of sp³-hybridized carbons (Fsp3) is 0.222. The highest BCUT2D eigenvalue weighted by Crippen LogP contribution is 2.34. The number of nitro benzene ring substituents is 1. The molecular weight excluding hydrogens is 200 g/mol. The average molecular weight is 210 g/mol. The number of carbonyl (C=O) groups excluding carboxylic acids is 1. The minimum absolute atomic E-state index is 0.0534. The summed E-state index contributed by atoms with van der Waals surface area (Å²) in [6.07, 6.45) is 0. The number of para-hydroxylation sites is 1. The number of hydrogen-bond donors (Lipinski definition) is 1. The molecule has 1 N–H and O–H groups in total. The SMILES string of the molecule is COc1c(NC(C)=O)cccc1[N+](=O)[O-]. The van der Waals surface area contributed by atoms with Crippen molar-refractivity contribution in [3.8, 4) is 5.75 Å². The molecule has 1 aromatic rings. The summed E-state index contributed by atoms with van der Waals surface area (Å²) in [5.41, 5.74) is 0.114. The second-order valence-electron chi connectivity index (χ2n) is 2.80. The van der Waals surface area contributed by atoms with Crippen molar-refractivity contribution in [3.05, 3.63) is 28.3 Å². The number of hydrogen-bond acceptors (Lipinski definition) is 4. The largest absolute Gasteiger partial charge is 0.489 e. The third kappa shape index (κ3) is 2.43. The number of methoxy groups -OCH3 is 1. The van der Waals surface area contributed by atoms with Gasteiger partial charge in [-0.05, 0) is 6.07 Å². The predicted molar refractivity (Wildman–Crippen MR) is 54.0 cm³/mol. The molecular formula is C9H10N2O4. The van der Waals surface area contributed by atoms with Gasteiger partial charge in [0.15, 0.2) is 0 Å². The van der Waals surface area contributed by atoms with E-state index in [1.54, 1.807) is 0 Å². The molecule has 0 radical (unpaired) electrons. The van der Waals surface area contributed by atoms with E-state index in [0.29, 0.717) is 5.69 Å².